The molecule has 3 heteroatoms. The van der Waals surface area contributed by atoms with Gasteiger partial charge < -0.3 is 10.2 Å². The van der Waals surface area contributed by atoms with Crippen LogP contribution in [0.1, 0.15) is 18.9 Å². The lowest BCUT2D eigenvalue weighted by atomic mass is 9.94. The Bertz CT molecular complexity index is 308. The van der Waals surface area contributed by atoms with Crippen LogP contribution in [0.5, 0.6) is 0 Å². The quantitative estimate of drug-likeness (QED) is 0.774. The Hall–Kier alpha value is -1.35. The number of carboxylic acids is 1. The van der Waals surface area contributed by atoms with Gasteiger partial charge in [-0.15, -0.1) is 0 Å². The zero-order chi connectivity index (χ0) is 11.3. The lowest BCUT2D eigenvalue weighted by Gasteiger charge is -2.16. The van der Waals surface area contributed by atoms with Crippen LogP contribution in [0.2, 0.25) is 0 Å². The third-order valence-electron chi connectivity index (χ3n) is 2.44. The Morgan fingerprint density at radius 3 is 2.47 bits per heavy atom. The molecule has 0 fully saturated rings. The first-order valence-corrected chi connectivity index (χ1v) is 5.03. The van der Waals surface area contributed by atoms with Crippen molar-refractivity contribution in [2.24, 2.45) is 5.92 Å². The standard InChI is InChI=1S/C12H16O3/c1-9(11(13)8-12(14)15)7-10-5-3-2-4-6-10/h2-6,9,11,13H,7-8H2,1H3,(H,14,15). The van der Waals surface area contributed by atoms with E-state index in [-0.39, 0.29) is 12.3 Å². The predicted molar refractivity (Wildman–Crippen MR) is 57.6 cm³/mol. The fraction of sp³-hybridized carbons (Fsp3) is 0.417. The van der Waals surface area contributed by atoms with Crippen LogP contribution in [0.3, 0.4) is 0 Å². The van der Waals surface area contributed by atoms with Crippen molar-refractivity contribution in [3.8, 4) is 0 Å². The summed E-state index contributed by atoms with van der Waals surface area (Å²) < 4.78 is 0. The van der Waals surface area contributed by atoms with Crippen molar-refractivity contribution < 1.29 is 15.0 Å². The smallest absolute Gasteiger partial charge is 0.305 e. The fourth-order valence-corrected chi connectivity index (χ4v) is 1.50. The Balaban J connectivity index is 2.48. The summed E-state index contributed by atoms with van der Waals surface area (Å²) in [4.78, 5) is 10.4. The van der Waals surface area contributed by atoms with Gasteiger partial charge >= 0.3 is 5.97 Å². The van der Waals surface area contributed by atoms with Crippen molar-refractivity contribution in [2.75, 3.05) is 0 Å². The summed E-state index contributed by atoms with van der Waals surface area (Å²) in [6.45, 7) is 1.86. The minimum atomic E-state index is -0.956. The normalized spacial score (nSPS) is 14.5. The molecule has 1 aromatic carbocycles. The summed E-state index contributed by atoms with van der Waals surface area (Å²) in [5.74, 6) is -0.995. The van der Waals surface area contributed by atoms with Crippen molar-refractivity contribution in [1.29, 1.82) is 0 Å². The van der Waals surface area contributed by atoms with E-state index in [2.05, 4.69) is 0 Å². The van der Waals surface area contributed by atoms with Crippen LogP contribution in [0, 0.1) is 5.92 Å². The summed E-state index contributed by atoms with van der Waals surface area (Å²) in [5.41, 5.74) is 1.12. The predicted octanol–water partition coefficient (Wildman–Crippen LogP) is 1.70. The number of aliphatic carboxylic acids is 1. The minimum Gasteiger partial charge on any atom is -0.481 e. The van der Waals surface area contributed by atoms with Crippen LogP contribution in [-0.2, 0) is 11.2 Å². The fourth-order valence-electron chi connectivity index (χ4n) is 1.50. The Morgan fingerprint density at radius 2 is 1.93 bits per heavy atom. The van der Waals surface area contributed by atoms with Gasteiger partial charge in [0.25, 0.3) is 0 Å². The number of aliphatic hydroxyl groups is 1. The molecule has 82 valence electrons. The zero-order valence-electron chi connectivity index (χ0n) is 8.76. The second kappa shape index (κ2) is 5.51. The maximum Gasteiger partial charge on any atom is 0.305 e. The van der Waals surface area contributed by atoms with Gasteiger partial charge in [0.1, 0.15) is 0 Å². The van der Waals surface area contributed by atoms with E-state index in [1.165, 1.54) is 0 Å². The van der Waals surface area contributed by atoms with E-state index in [1.54, 1.807) is 0 Å². The first-order chi connectivity index (χ1) is 7.09. The van der Waals surface area contributed by atoms with E-state index >= 15 is 0 Å². The molecule has 0 aliphatic heterocycles. The highest BCUT2D eigenvalue weighted by Gasteiger charge is 2.17. The molecule has 0 spiro atoms. The van der Waals surface area contributed by atoms with Gasteiger partial charge in [0, 0.05) is 0 Å². The van der Waals surface area contributed by atoms with Gasteiger partial charge in [0.2, 0.25) is 0 Å². The molecule has 0 aromatic heterocycles. The second-order valence-electron chi connectivity index (χ2n) is 3.83. The number of aliphatic hydroxyl groups excluding tert-OH is 1. The van der Waals surface area contributed by atoms with Crippen molar-refractivity contribution in [3.05, 3.63) is 35.9 Å². The molecule has 0 aliphatic carbocycles. The van der Waals surface area contributed by atoms with Crippen LogP contribution in [-0.4, -0.2) is 22.3 Å². The first kappa shape index (κ1) is 11.7. The lowest BCUT2D eigenvalue weighted by Crippen LogP contribution is -2.23. The SMILES string of the molecule is CC(Cc1ccccc1)C(O)CC(=O)O. The highest BCUT2D eigenvalue weighted by molar-refractivity contribution is 5.67. The van der Waals surface area contributed by atoms with E-state index in [1.807, 2.05) is 37.3 Å². The van der Waals surface area contributed by atoms with Gasteiger partial charge in [-0.3, -0.25) is 4.79 Å². The number of benzene rings is 1. The molecule has 0 saturated carbocycles. The van der Waals surface area contributed by atoms with E-state index in [0.29, 0.717) is 6.42 Å². The Labute approximate surface area is 89.4 Å². The number of hydrogen-bond donors (Lipinski definition) is 2. The van der Waals surface area contributed by atoms with Crippen LogP contribution in [0.4, 0.5) is 0 Å². The topological polar surface area (TPSA) is 57.5 Å². The molecule has 2 atom stereocenters. The molecular weight excluding hydrogens is 192 g/mol. The molecule has 0 radical (unpaired) electrons. The summed E-state index contributed by atoms with van der Waals surface area (Å²) in [5, 5.41) is 18.1. The van der Waals surface area contributed by atoms with E-state index in [9.17, 15) is 9.90 Å². The molecular formula is C12H16O3. The van der Waals surface area contributed by atoms with Crippen molar-refractivity contribution in [3.63, 3.8) is 0 Å². The molecule has 1 aromatic rings. The number of carbonyl (C=O) groups is 1. The first-order valence-electron chi connectivity index (χ1n) is 5.03. The van der Waals surface area contributed by atoms with Crippen LogP contribution in [0.25, 0.3) is 0 Å². The van der Waals surface area contributed by atoms with Crippen molar-refractivity contribution in [2.45, 2.75) is 25.9 Å². The molecule has 2 N–H and O–H groups in total. The average molecular weight is 208 g/mol. The van der Waals surface area contributed by atoms with E-state index < -0.39 is 12.1 Å². The monoisotopic (exact) mass is 208 g/mol. The Kier molecular flexibility index (Phi) is 4.31. The molecule has 0 saturated heterocycles. The minimum absolute atomic E-state index is 0.0384. The summed E-state index contributed by atoms with van der Waals surface area (Å²) in [6.07, 6.45) is -0.258. The van der Waals surface area contributed by atoms with Crippen molar-refractivity contribution >= 4 is 5.97 Å². The zero-order valence-corrected chi connectivity index (χ0v) is 8.76. The average Bonchev–Trinajstić information content (AvgIpc) is 2.18. The van der Waals surface area contributed by atoms with Gasteiger partial charge in [-0.05, 0) is 17.9 Å². The van der Waals surface area contributed by atoms with Crippen LogP contribution in [0.15, 0.2) is 30.3 Å². The molecule has 0 heterocycles. The van der Waals surface area contributed by atoms with E-state index in [4.69, 9.17) is 5.11 Å². The number of rotatable bonds is 5. The van der Waals surface area contributed by atoms with E-state index in [0.717, 1.165) is 5.56 Å². The molecule has 3 nitrogen and oxygen atoms in total. The highest BCUT2D eigenvalue weighted by Crippen LogP contribution is 2.14. The van der Waals surface area contributed by atoms with Gasteiger partial charge in [-0.2, -0.15) is 0 Å². The molecule has 0 bridgehead atoms. The molecule has 2 unspecified atom stereocenters. The molecule has 15 heavy (non-hydrogen) atoms. The summed E-state index contributed by atoms with van der Waals surface area (Å²) >= 11 is 0. The Morgan fingerprint density at radius 1 is 1.33 bits per heavy atom. The molecule has 0 aliphatic rings. The summed E-state index contributed by atoms with van der Waals surface area (Å²) in [7, 11) is 0. The van der Waals surface area contributed by atoms with Gasteiger partial charge in [0.15, 0.2) is 0 Å². The van der Waals surface area contributed by atoms with Gasteiger partial charge in [0.05, 0.1) is 12.5 Å². The highest BCUT2D eigenvalue weighted by atomic mass is 16.4. The van der Waals surface area contributed by atoms with Gasteiger partial charge in [-0.1, -0.05) is 37.3 Å². The maximum absolute atomic E-state index is 10.4. The van der Waals surface area contributed by atoms with Crippen LogP contribution < -0.4 is 0 Å². The van der Waals surface area contributed by atoms with Gasteiger partial charge in [-0.25, -0.2) is 0 Å². The maximum atomic E-state index is 10.4. The largest absolute Gasteiger partial charge is 0.481 e. The van der Waals surface area contributed by atoms with Crippen molar-refractivity contribution in [1.82, 2.24) is 0 Å². The van der Waals surface area contributed by atoms with Crippen LogP contribution >= 0.6 is 0 Å². The second-order valence-corrected chi connectivity index (χ2v) is 3.83. The number of carboxylic acid groups (broad SMARTS) is 1. The molecule has 1 rings (SSSR count). The summed E-state index contributed by atoms with van der Waals surface area (Å²) in [6, 6.07) is 9.76. The third-order valence-corrected chi connectivity index (χ3v) is 2.44. The third kappa shape index (κ3) is 4.13. The number of hydrogen-bond acceptors (Lipinski definition) is 2. The molecule has 0 amide bonds. The lowest BCUT2D eigenvalue weighted by molar-refractivity contribution is -0.139.